The van der Waals surface area contributed by atoms with E-state index in [2.05, 4.69) is 10.2 Å². The first kappa shape index (κ1) is 28.5. The lowest BCUT2D eigenvalue weighted by atomic mass is 9.86. The molecule has 218 valence electrons. The average molecular weight is 577 g/mol. The number of piperazine rings is 1. The molecule has 1 fully saturated rings. The second kappa shape index (κ2) is 10.4. The van der Waals surface area contributed by atoms with E-state index in [4.69, 9.17) is 19.6 Å². The maximum atomic E-state index is 13.3. The number of phenols is 1. The summed E-state index contributed by atoms with van der Waals surface area (Å²) in [6, 6.07) is 7.17. The van der Waals surface area contributed by atoms with Gasteiger partial charge in [-0.15, -0.1) is 0 Å². The molecule has 1 atom stereocenters. The molecule has 0 bridgehead atoms. The van der Waals surface area contributed by atoms with Crippen LogP contribution >= 0.6 is 0 Å². The monoisotopic (exact) mass is 576 g/mol. The van der Waals surface area contributed by atoms with Crippen LogP contribution in [0.2, 0.25) is 0 Å². The topological polar surface area (TPSA) is 154 Å². The first-order valence-electron chi connectivity index (χ1n) is 12.9. The zero-order valence-corrected chi connectivity index (χ0v) is 21.9. The molecule has 41 heavy (non-hydrogen) atoms. The average Bonchev–Trinajstić information content (AvgIpc) is 3.30. The van der Waals surface area contributed by atoms with Crippen molar-refractivity contribution in [3.63, 3.8) is 0 Å². The van der Waals surface area contributed by atoms with E-state index in [1.165, 1.54) is 0 Å². The van der Waals surface area contributed by atoms with E-state index in [9.17, 15) is 33.0 Å². The van der Waals surface area contributed by atoms with Crippen LogP contribution in [0.25, 0.3) is 22.3 Å². The van der Waals surface area contributed by atoms with Crippen LogP contribution in [0.4, 0.5) is 13.2 Å². The minimum atomic E-state index is -5.08. The van der Waals surface area contributed by atoms with Gasteiger partial charge in [-0.1, -0.05) is 6.92 Å². The number of carbonyl (C=O) groups excluding carboxylic acids is 1. The number of aromatic hydroxyl groups is 1. The standard InChI is InChI=1S/C25H26N4O5.C2HF3O2/c1-2-25(33)18-10-20-22-14(11-29(20)23(31)17(18)13-34-24(25)32)9-15-16(12-28-7-5-26-6-8-28)21(30)4-3-19(15)27-22;3-2(4,5)1(6)7/h3-4,9-10,26,30,33H,2,5-8,11-13H2,1H3;(H,6,7)/t25-;/m0./s1. The lowest BCUT2D eigenvalue weighted by molar-refractivity contribution is -0.192. The van der Waals surface area contributed by atoms with Crippen LogP contribution in [0.15, 0.2) is 29.1 Å². The summed E-state index contributed by atoms with van der Waals surface area (Å²) in [6.07, 6.45) is -4.98. The zero-order valence-electron chi connectivity index (χ0n) is 21.9. The minimum Gasteiger partial charge on any atom is -0.508 e. The number of carboxylic acid groups (broad SMARTS) is 1. The molecule has 3 aliphatic heterocycles. The van der Waals surface area contributed by atoms with Gasteiger partial charge in [-0.25, -0.2) is 14.6 Å². The summed E-state index contributed by atoms with van der Waals surface area (Å²) in [5, 5.41) is 33.0. The number of carbonyl (C=O) groups is 2. The maximum Gasteiger partial charge on any atom is 0.490 e. The highest BCUT2D eigenvalue weighted by molar-refractivity contribution is 5.89. The molecule has 4 N–H and O–H groups in total. The summed E-state index contributed by atoms with van der Waals surface area (Å²) in [4.78, 5) is 41.8. The highest BCUT2D eigenvalue weighted by Crippen LogP contribution is 2.39. The van der Waals surface area contributed by atoms with E-state index in [1.807, 2.05) is 6.07 Å². The Balaban J connectivity index is 0.000000431. The van der Waals surface area contributed by atoms with Gasteiger partial charge in [0, 0.05) is 54.8 Å². The van der Waals surface area contributed by atoms with Crippen molar-refractivity contribution < 1.29 is 42.8 Å². The molecule has 1 saturated heterocycles. The highest BCUT2D eigenvalue weighted by Gasteiger charge is 2.45. The fourth-order valence-electron chi connectivity index (χ4n) is 5.36. The Kier molecular flexibility index (Phi) is 7.26. The van der Waals surface area contributed by atoms with Crippen molar-refractivity contribution in [2.24, 2.45) is 0 Å². The SMILES string of the molecule is CC[C@@]1(O)C(=O)OCc2c1cc1n(c2=O)Cc2cc3c(CN4CCNCC4)c(O)ccc3nc2-1.O=C(O)C(F)(F)F. The van der Waals surface area contributed by atoms with Crippen molar-refractivity contribution in [1.29, 1.82) is 0 Å². The number of fused-ring (bicyclic) bond motifs is 5. The number of pyridine rings is 2. The molecule has 2 aromatic heterocycles. The maximum absolute atomic E-state index is 13.3. The minimum absolute atomic E-state index is 0.106. The van der Waals surface area contributed by atoms with E-state index >= 15 is 0 Å². The third-order valence-electron chi connectivity index (χ3n) is 7.61. The first-order valence-corrected chi connectivity index (χ1v) is 12.9. The van der Waals surface area contributed by atoms with Crippen molar-refractivity contribution in [3.05, 3.63) is 56.9 Å². The molecular formula is C27H27F3N4O7. The number of aliphatic carboxylic acids is 1. The first-order chi connectivity index (χ1) is 19.3. The van der Waals surface area contributed by atoms with E-state index in [0.717, 1.165) is 48.2 Å². The van der Waals surface area contributed by atoms with Crippen LogP contribution < -0.4 is 10.9 Å². The molecule has 1 aromatic carbocycles. The Morgan fingerprint density at radius 1 is 1.20 bits per heavy atom. The van der Waals surface area contributed by atoms with E-state index in [1.54, 1.807) is 29.7 Å². The largest absolute Gasteiger partial charge is 0.508 e. The van der Waals surface area contributed by atoms with Gasteiger partial charge in [0.1, 0.15) is 12.4 Å². The van der Waals surface area contributed by atoms with Crippen molar-refractivity contribution in [2.75, 3.05) is 26.2 Å². The van der Waals surface area contributed by atoms with Crippen LogP contribution in [0.3, 0.4) is 0 Å². The molecule has 0 unspecified atom stereocenters. The molecule has 0 radical (unpaired) electrons. The number of hydrogen-bond acceptors (Lipinski definition) is 9. The van der Waals surface area contributed by atoms with Crippen LogP contribution in [-0.2, 0) is 39.6 Å². The fraction of sp³-hybridized carbons (Fsp3) is 0.407. The van der Waals surface area contributed by atoms with Crippen LogP contribution in [0.5, 0.6) is 5.75 Å². The van der Waals surface area contributed by atoms with Gasteiger partial charge < -0.3 is 29.9 Å². The number of nitrogens with one attached hydrogen (secondary N) is 1. The predicted molar refractivity (Wildman–Crippen MR) is 138 cm³/mol. The van der Waals surface area contributed by atoms with Gasteiger partial charge in [-0.05, 0) is 30.7 Å². The third kappa shape index (κ3) is 5.02. The summed E-state index contributed by atoms with van der Waals surface area (Å²) in [5.74, 6) is -3.25. The molecule has 0 amide bonds. The quantitative estimate of drug-likeness (QED) is 0.266. The Bertz CT molecular complexity index is 1620. The summed E-state index contributed by atoms with van der Waals surface area (Å²) < 4.78 is 38.5. The van der Waals surface area contributed by atoms with Crippen LogP contribution in [0, 0.1) is 0 Å². The molecule has 5 heterocycles. The summed E-state index contributed by atoms with van der Waals surface area (Å²) in [5.41, 5.74) is 2.16. The number of halogens is 3. The summed E-state index contributed by atoms with van der Waals surface area (Å²) in [7, 11) is 0. The van der Waals surface area contributed by atoms with Crippen molar-refractivity contribution in [2.45, 2.75) is 44.8 Å². The molecule has 0 aliphatic carbocycles. The summed E-state index contributed by atoms with van der Waals surface area (Å²) in [6.45, 7) is 6.13. The number of carboxylic acids is 1. The lowest BCUT2D eigenvalue weighted by Crippen LogP contribution is -2.44. The van der Waals surface area contributed by atoms with E-state index in [-0.39, 0.29) is 24.3 Å². The number of aliphatic hydroxyl groups is 1. The Labute approximate surface area is 230 Å². The number of ether oxygens (including phenoxy) is 1. The Hall–Kier alpha value is -4.01. The molecule has 0 spiro atoms. The fourth-order valence-corrected chi connectivity index (χ4v) is 5.36. The number of cyclic esters (lactones) is 1. The van der Waals surface area contributed by atoms with Gasteiger partial charge in [0.15, 0.2) is 5.60 Å². The number of rotatable bonds is 3. The van der Waals surface area contributed by atoms with Crippen molar-refractivity contribution in [3.8, 4) is 17.1 Å². The molecule has 3 aromatic rings. The van der Waals surface area contributed by atoms with Gasteiger partial charge in [-0.3, -0.25) is 9.69 Å². The molecular weight excluding hydrogens is 549 g/mol. The molecule has 11 nitrogen and oxygen atoms in total. The number of nitrogens with zero attached hydrogens (tertiary/aromatic N) is 3. The van der Waals surface area contributed by atoms with Crippen LogP contribution in [-0.4, -0.2) is 74.1 Å². The lowest BCUT2D eigenvalue weighted by Gasteiger charge is -2.31. The van der Waals surface area contributed by atoms with Crippen LogP contribution in [0.1, 0.15) is 35.6 Å². The van der Waals surface area contributed by atoms with Gasteiger partial charge in [-0.2, -0.15) is 13.2 Å². The second-order valence-corrected chi connectivity index (χ2v) is 10.1. The van der Waals surface area contributed by atoms with E-state index < -0.39 is 23.7 Å². The predicted octanol–water partition coefficient (Wildman–Crippen LogP) is 1.82. The van der Waals surface area contributed by atoms with Crippen molar-refractivity contribution >= 4 is 22.8 Å². The van der Waals surface area contributed by atoms with E-state index in [0.29, 0.717) is 35.6 Å². The van der Waals surface area contributed by atoms with Crippen molar-refractivity contribution in [1.82, 2.24) is 19.8 Å². The summed E-state index contributed by atoms with van der Waals surface area (Å²) >= 11 is 0. The highest BCUT2D eigenvalue weighted by atomic mass is 19.4. The normalized spacial score (nSPS) is 20.0. The Morgan fingerprint density at radius 2 is 1.88 bits per heavy atom. The second-order valence-electron chi connectivity index (χ2n) is 10.1. The molecule has 14 heteroatoms. The number of benzene rings is 1. The number of alkyl halides is 3. The zero-order chi connectivity index (χ0) is 29.7. The van der Waals surface area contributed by atoms with Gasteiger partial charge >= 0.3 is 18.1 Å². The number of hydrogen-bond donors (Lipinski definition) is 4. The number of aromatic nitrogens is 2. The number of phenolic OH excluding ortho intramolecular Hbond substituents is 1. The number of esters is 1. The van der Waals surface area contributed by atoms with Gasteiger partial charge in [0.2, 0.25) is 0 Å². The Morgan fingerprint density at radius 3 is 2.51 bits per heavy atom. The molecule has 3 aliphatic rings. The van der Waals surface area contributed by atoms with Gasteiger partial charge in [0.05, 0.1) is 29.0 Å². The third-order valence-corrected chi connectivity index (χ3v) is 7.61. The molecule has 0 saturated carbocycles. The van der Waals surface area contributed by atoms with Gasteiger partial charge in [0.25, 0.3) is 5.56 Å². The molecule has 6 rings (SSSR count). The smallest absolute Gasteiger partial charge is 0.490 e.